The maximum Gasteiger partial charge on any atom is 0.256 e. The van der Waals surface area contributed by atoms with Crippen molar-refractivity contribution < 1.29 is 9.21 Å². The van der Waals surface area contributed by atoms with Gasteiger partial charge in [0.15, 0.2) is 5.65 Å². The van der Waals surface area contributed by atoms with Gasteiger partial charge in [-0.15, -0.1) is 0 Å². The number of nitrogens with zero attached hydrogens (tertiary/aromatic N) is 5. The molecule has 4 aromatic heterocycles. The Labute approximate surface area is 169 Å². The third-order valence-electron chi connectivity index (χ3n) is 4.79. The second-order valence-electron chi connectivity index (χ2n) is 7.32. The minimum atomic E-state index is -0.102. The summed E-state index contributed by atoms with van der Waals surface area (Å²) in [6, 6.07) is 9.58. The summed E-state index contributed by atoms with van der Waals surface area (Å²) in [6.07, 6.45) is 6.86. The highest BCUT2D eigenvalue weighted by atomic mass is 16.3. The summed E-state index contributed by atoms with van der Waals surface area (Å²) in [6.45, 7) is 6.77. The lowest BCUT2D eigenvalue weighted by Crippen LogP contribution is -2.30. The molecule has 0 radical (unpaired) electrons. The predicted molar refractivity (Wildman–Crippen MR) is 109 cm³/mol. The van der Waals surface area contributed by atoms with E-state index in [1.807, 2.05) is 41.9 Å². The normalized spacial score (nSPS) is 11.3. The number of fused-ring (bicyclic) bond motifs is 1. The van der Waals surface area contributed by atoms with E-state index >= 15 is 0 Å². The molecule has 4 aromatic rings. The number of carbonyl (C=O) groups is 1. The van der Waals surface area contributed by atoms with Crippen molar-refractivity contribution >= 4 is 16.9 Å². The molecule has 0 unspecified atom stereocenters. The van der Waals surface area contributed by atoms with Crippen LogP contribution in [0.15, 0.2) is 59.6 Å². The first-order valence-corrected chi connectivity index (χ1v) is 9.58. The molecule has 7 heteroatoms. The summed E-state index contributed by atoms with van der Waals surface area (Å²) in [7, 11) is 0. The van der Waals surface area contributed by atoms with Gasteiger partial charge in [0.2, 0.25) is 0 Å². The molecule has 0 bridgehead atoms. The maximum absolute atomic E-state index is 13.5. The summed E-state index contributed by atoms with van der Waals surface area (Å²) < 4.78 is 7.35. The van der Waals surface area contributed by atoms with E-state index in [1.54, 1.807) is 29.8 Å². The molecule has 0 aromatic carbocycles. The zero-order valence-corrected chi connectivity index (χ0v) is 16.7. The molecule has 148 valence electrons. The van der Waals surface area contributed by atoms with Crippen LogP contribution in [0.5, 0.6) is 0 Å². The van der Waals surface area contributed by atoms with Gasteiger partial charge in [-0.1, -0.05) is 6.07 Å². The summed E-state index contributed by atoms with van der Waals surface area (Å²) >= 11 is 0. The molecule has 4 rings (SSSR count). The average Bonchev–Trinajstić information content (AvgIpc) is 3.36. The molecule has 4 heterocycles. The Bertz CT molecular complexity index is 1120. The lowest BCUT2D eigenvalue weighted by molar-refractivity contribution is 0.0716. The van der Waals surface area contributed by atoms with Crippen molar-refractivity contribution in [2.24, 2.45) is 0 Å². The number of aryl methyl sites for hydroxylation is 1. The fourth-order valence-electron chi connectivity index (χ4n) is 3.33. The summed E-state index contributed by atoms with van der Waals surface area (Å²) in [5.74, 6) is 0.621. The lowest BCUT2D eigenvalue weighted by Gasteiger charge is -2.22. The Hall–Kier alpha value is -3.48. The number of amides is 1. The molecule has 29 heavy (non-hydrogen) atoms. The largest absolute Gasteiger partial charge is 0.467 e. The topological polar surface area (TPSA) is 77.1 Å². The number of aromatic nitrogens is 4. The maximum atomic E-state index is 13.5. The highest BCUT2D eigenvalue weighted by Crippen LogP contribution is 2.22. The molecule has 0 aliphatic carbocycles. The molecule has 0 saturated carbocycles. The van der Waals surface area contributed by atoms with Gasteiger partial charge in [0.25, 0.3) is 5.91 Å². The lowest BCUT2D eigenvalue weighted by atomic mass is 10.1. The minimum absolute atomic E-state index is 0.102. The minimum Gasteiger partial charge on any atom is -0.467 e. The van der Waals surface area contributed by atoms with E-state index in [4.69, 9.17) is 4.42 Å². The van der Waals surface area contributed by atoms with E-state index in [9.17, 15) is 4.79 Å². The van der Waals surface area contributed by atoms with Crippen LogP contribution >= 0.6 is 0 Å². The summed E-state index contributed by atoms with van der Waals surface area (Å²) in [5, 5.41) is 5.27. The van der Waals surface area contributed by atoms with Gasteiger partial charge in [-0.25, -0.2) is 9.67 Å². The number of rotatable bonds is 6. The molecular weight excluding hydrogens is 366 g/mol. The number of hydrogen-bond donors (Lipinski definition) is 0. The van der Waals surface area contributed by atoms with Gasteiger partial charge in [-0.05, 0) is 50.6 Å². The van der Waals surface area contributed by atoms with Crippen LogP contribution in [0.4, 0.5) is 0 Å². The van der Waals surface area contributed by atoms with Gasteiger partial charge in [-0.3, -0.25) is 9.78 Å². The molecule has 0 fully saturated rings. The molecule has 1 amide bonds. The number of hydrogen-bond acceptors (Lipinski definition) is 5. The van der Waals surface area contributed by atoms with Crippen LogP contribution < -0.4 is 0 Å². The molecule has 0 saturated heterocycles. The molecule has 0 N–H and O–H groups in total. The van der Waals surface area contributed by atoms with Crippen LogP contribution in [0.1, 0.15) is 47.3 Å². The van der Waals surface area contributed by atoms with Crippen molar-refractivity contribution in [1.29, 1.82) is 0 Å². The standard InChI is InChI=1S/C22H23N5O2/c1-15(2)27-21-18(12-24-27)10-20(16(3)25-21)22(28)26(14-19-7-5-9-29-19)13-17-6-4-8-23-11-17/h4-12,15H,13-14H2,1-3H3. The van der Waals surface area contributed by atoms with Crippen LogP contribution in [0, 0.1) is 6.92 Å². The fraction of sp³-hybridized carbons (Fsp3) is 0.273. The van der Waals surface area contributed by atoms with Gasteiger partial charge < -0.3 is 9.32 Å². The van der Waals surface area contributed by atoms with Gasteiger partial charge in [0.1, 0.15) is 5.76 Å². The quantitative estimate of drug-likeness (QED) is 0.495. The smallest absolute Gasteiger partial charge is 0.256 e. The number of pyridine rings is 2. The van der Waals surface area contributed by atoms with Crippen LogP contribution in [0.25, 0.3) is 11.0 Å². The highest BCUT2D eigenvalue weighted by molar-refractivity contribution is 5.98. The van der Waals surface area contributed by atoms with Crippen molar-refractivity contribution in [2.75, 3.05) is 0 Å². The third-order valence-corrected chi connectivity index (χ3v) is 4.79. The first kappa shape index (κ1) is 18.9. The zero-order chi connectivity index (χ0) is 20.4. The van der Waals surface area contributed by atoms with Crippen molar-refractivity contribution in [3.05, 3.63) is 77.8 Å². The van der Waals surface area contributed by atoms with Gasteiger partial charge in [-0.2, -0.15) is 5.10 Å². The van der Waals surface area contributed by atoms with Crippen LogP contribution in [0.2, 0.25) is 0 Å². The molecule has 0 aliphatic heterocycles. The van der Waals surface area contributed by atoms with Crippen LogP contribution in [-0.2, 0) is 13.1 Å². The Morgan fingerprint density at radius 3 is 2.76 bits per heavy atom. The second-order valence-corrected chi connectivity index (χ2v) is 7.32. The van der Waals surface area contributed by atoms with Gasteiger partial charge in [0.05, 0.1) is 30.3 Å². The Balaban J connectivity index is 1.70. The van der Waals surface area contributed by atoms with Gasteiger partial charge >= 0.3 is 0 Å². The van der Waals surface area contributed by atoms with Crippen molar-refractivity contribution in [3.8, 4) is 0 Å². The number of carbonyl (C=O) groups excluding carboxylic acids is 1. The van der Waals surface area contributed by atoms with Gasteiger partial charge in [0, 0.05) is 30.4 Å². The Kier molecular flexibility index (Phi) is 5.12. The zero-order valence-electron chi connectivity index (χ0n) is 16.7. The van der Waals surface area contributed by atoms with E-state index in [0.717, 1.165) is 22.4 Å². The molecule has 0 aliphatic rings. The van der Waals surface area contributed by atoms with Crippen LogP contribution in [0.3, 0.4) is 0 Å². The van der Waals surface area contributed by atoms with Crippen molar-refractivity contribution in [2.45, 2.75) is 39.9 Å². The summed E-state index contributed by atoms with van der Waals surface area (Å²) in [5.41, 5.74) is 2.99. The first-order valence-electron chi connectivity index (χ1n) is 9.58. The van der Waals surface area contributed by atoms with Crippen molar-refractivity contribution in [1.82, 2.24) is 24.6 Å². The van der Waals surface area contributed by atoms with E-state index in [2.05, 4.69) is 28.9 Å². The SMILES string of the molecule is Cc1nc2c(cnn2C(C)C)cc1C(=O)N(Cc1cccnc1)Cc1ccco1. The first-order chi connectivity index (χ1) is 14.0. The molecular formula is C22H23N5O2. The molecule has 0 spiro atoms. The summed E-state index contributed by atoms with van der Waals surface area (Å²) in [4.78, 5) is 24.1. The van der Waals surface area contributed by atoms with Crippen molar-refractivity contribution in [3.63, 3.8) is 0 Å². The fourth-order valence-corrected chi connectivity index (χ4v) is 3.33. The van der Waals surface area contributed by atoms with E-state index in [0.29, 0.717) is 24.3 Å². The van der Waals surface area contributed by atoms with E-state index in [-0.39, 0.29) is 11.9 Å². The molecule has 0 atom stereocenters. The predicted octanol–water partition coefficient (Wildman–Crippen LogP) is 4.15. The average molecular weight is 389 g/mol. The monoisotopic (exact) mass is 389 g/mol. The Morgan fingerprint density at radius 2 is 2.07 bits per heavy atom. The number of furan rings is 1. The second kappa shape index (κ2) is 7.87. The van der Waals surface area contributed by atoms with E-state index < -0.39 is 0 Å². The van der Waals surface area contributed by atoms with Crippen LogP contribution in [-0.4, -0.2) is 30.6 Å². The van der Waals surface area contributed by atoms with E-state index in [1.165, 1.54) is 0 Å². The molecule has 7 nitrogen and oxygen atoms in total. The Morgan fingerprint density at radius 1 is 1.21 bits per heavy atom. The third kappa shape index (κ3) is 3.89. The highest BCUT2D eigenvalue weighted by Gasteiger charge is 2.22.